The summed E-state index contributed by atoms with van der Waals surface area (Å²) < 4.78 is 1.83. The third-order valence-electron chi connectivity index (χ3n) is 3.67. The second kappa shape index (κ2) is 5.91. The van der Waals surface area contributed by atoms with Crippen molar-refractivity contribution in [3.05, 3.63) is 47.9 Å². The van der Waals surface area contributed by atoms with E-state index in [0.717, 1.165) is 30.7 Å². The molecule has 1 N–H and O–H groups in total. The van der Waals surface area contributed by atoms with Gasteiger partial charge in [-0.05, 0) is 25.0 Å². The zero-order valence-electron chi connectivity index (χ0n) is 12.4. The molecule has 2 aromatic heterocycles. The lowest BCUT2D eigenvalue weighted by molar-refractivity contribution is 0.609. The lowest BCUT2D eigenvalue weighted by Crippen LogP contribution is -2.13. The summed E-state index contributed by atoms with van der Waals surface area (Å²) in [7, 11) is 0. The van der Waals surface area contributed by atoms with Crippen molar-refractivity contribution in [3.63, 3.8) is 0 Å². The van der Waals surface area contributed by atoms with Gasteiger partial charge in [0.1, 0.15) is 0 Å². The van der Waals surface area contributed by atoms with Crippen LogP contribution in [0.1, 0.15) is 18.2 Å². The largest absolute Gasteiger partial charge is 0.382 e. The van der Waals surface area contributed by atoms with E-state index in [4.69, 9.17) is 4.98 Å². The first-order valence-corrected chi connectivity index (χ1v) is 7.25. The molecule has 0 fully saturated rings. The highest BCUT2D eigenvalue weighted by Gasteiger charge is 2.10. The van der Waals surface area contributed by atoms with Crippen LogP contribution in [0, 0.1) is 6.92 Å². The second-order valence-corrected chi connectivity index (χ2v) is 5.01. The molecule has 0 bridgehead atoms. The predicted octanol–water partition coefficient (Wildman–Crippen LogP) is 2.81. The minimum atomic E-state index is 0.791. The number of hydrogen-bond acceptors (Lipinski definition) is 4. The number of fused-ring (bicyclic) bond motifs is 1. The molecule has 5 nitrogen and oxygen atoms in total. The fourth-order valence-electron chi connectivity index (χ4n) is 2.66. The Balaban J connectivity index is 1.91. The number of hydrogen-bond donors (Lipinski definition) is 1. The summed E-state index contributed by atoms with van der Waals surface area (Å²) in [5.74, 6) is 0. The monoisotopic (exact) mass is 281 g/mol. The van der Waals surface area contributed by atoms with Crippen molar-refractivity contribution >= 4 is 16.6 Å². The third-order valence-corrected chi connectivity index (χ3v) is 3.67. The Hall–Kier alpha value is -2.43. The Kier molecular flexibility index (Phi) is 3.81. The maximum Gasteiger partial charge on any atom is 0.0726 e. The summed E-state index contributed by atoms with van der Waals surface area (Å²) in [6, 6.07) is 8.27. The molecule has 0 unspecified atom stereocenters. The summed E-state index contributed by atoms with van der Waals surface area (Å²) >= 11 is 0. The number of para-hydroxylation sites is 1. The van der Waals surface area contributed by atoms with E-state index in [9.17, 15) is 0 Å². The maximum atomic E-state index is 4.70. The summed E-state index contributed by atoms with van der Waals surface area (Å²) in [5, 5.41) is 12.5. The van der Waals surface area contributed by atoms with Gasteiger partial charge in [0.25, 0.3) is 0 Å². The van der Waals surface area contributed by atoms with Crippen molar-refractivity contribution < 1.29 is 0 Å². The number of benzene rings is 1. The van der Waals surface area contributed by atoms with Gasteiger partial charge >= 0.3 is 0 Å². The molecule has 0 aliphatic heterocycles. The summed E-state index contributed by atoms with van der Waals surface area (Å²) in [4.78, 5) is 4.70. The number of rotatable bonds is 5. The minimum absolute atomic E-state index is 0.791. The van der Waals surface area contributed by atoms with Crippen LogP contribution in [0.15, 0.2) is 36.7 Å². The number of aryl methyl sites for hydroxylation is 1. The SMILES string of the molecule is CCc1c(C)nc2ccccc2c1NCCn1ccnn1. The second-order valence-electron chi connectivity index (χ2n) is 5.01. The van der Waals surface area contributed by atoms with Crippen LogP contribution in [-0.2, 0) is 13.0 Å². The standard InChI is InChI=1S/C16H19N5/c1-3-13-12(2)19-15-7-5-4-6-14(15)16(13)17-8-10-21-11-9-18-20-21/h4-7,9,11H,3,8,10H2,1-2H3,(H,17,19). The maximum absolute atomic E-state index is 4.70. The Morgan fingerprint density at radius 3 is 2.86 bits per heavy atom. The zero-order valence-corrected chi connectivity index (χ0v) is 12.4. The van der Waals surface area contributed by atoms with E-state index in [0.29, 0.717) is 0 Å². The first-order valence-electron chi connectivity index (χ1n) is 7.25. The van der Waals surface area contributed by atoms with Crippen molar-refractivity contribution in [2.24, 2.45) is 0 Å². The number of aromatic nitrogens is 4. The molecule has 0 spiro atoms. The van der Waals surface area contributed by atoms with E-state index in [1.54, 1.807) is 6.20 Å². The van der Waals surface area contributed by atoms with Gasteiger partial charge in [-0.1, -0.05) is 30.3 Å². The van der Waals surface area contributed by atoms with Gasteiger partial charge < -0.3 is 5.32 Å². The van der Waals surface area contributed by atoms with Crippen molar-refractivity contribution in [1.29, 1.82) is 0 Å². The fourth-order valence-corrected chi connectivity index (χ4v) is 2.66. The average Bonchev–Trinajstić information content (AvgIpc) is 3.00. The van der Waals surface area contributed by atoms with Gasteiger partial charge in [-0.25, -0.2) is 0 Å². The van der Waals surface area contributed by atoms with Gasteiger partial charge in [0.15, 0.2) is 0 Å². The Morgan fingerprint density at radius 1 is 1.24 bits per heavy atom. The van der Waals surface area contributed by atoms with E-state index in [1.165, 1.54) is 16.6 Å². The highest BCUT2D eigenvalue weighted by atomic mass is 15.4. The smallest absolute Gasteiger partial charge is 0.0726 e. The quantitative estimate of drug-likeness (QED) is 0.781. The molecule has 0 amide bonds. The lowest BCUT2D eigenvalue weighted by atomic mass is 10.0. The van der Waals surface area contributed by atoms with E-state index in [1.807, 2.05) is 16.9 Å². The number of anilines is 1. The van der Waals surface area contributed by atoms with Crippen LogP contribution in [0.2, 0.25) is 0 Å². The van der Waals surface area contributed by atoms with Crippen molar-refractivity contribution in [2.75, 3.05) is 11.9 Å². The molecule has 0 saturated carbocycles. The van der Waals surface area contributed by atoms with Crippen LogP contribution in [0.5, 0.6) is 0 Å². The Bertz CT molecular complexity index is 734. The Labute approximate surface area is 124 Å². The van der Waals surface area contributed by atoms with E-state index < -0.39 is 0 Å². The van der Waals surface area contributed by atoms with Crippen LogP contribution >= 0.6 is 0 Å². The van der Waals surface area contributed by atoms with E-state index >= 15 is 0 Å². The molecule has 0 aliphatic carbocycles. The van der Waals surface area contributed by atoms with Gasteiger partial charge in [0.2, 0.25) is 0 Å². The zero-order chi connectivity index (χ0) is 14.7. The van der Waals surface area contributed by atoms with Gasteiger partial charge in [-0.2, -0.15) is 0 Å². The molecule has 0 aliphatic rings. The van der Waals surface area contributed by atoms with Gasteiger partial charge in [0, 0.05) is 29.5 Å². The normalized spacial score (nSPS) is 11.0. The molecule has 2 heterocycles. The molecular formula is C16H19N5. The molecule has 0 radical (unpaired) electrons. The van der Waals surface area contributed by atoms with Gasteiger partial charge in [-0.15, -0.1) is 5.10 Å². The molecule has 5 heteroatoms. The van der Waals surface area contributed by atoms with Crippen LogP contribution in [0.25, 0.3) is 10.9 Å². The molecule has 0 atom stereocenters. The highest BCUT2D eigenvalue weighted by Crippen LogP contribution is 2.28. The topological polar surface area (TPSA) is 55.6 Å². The lowest BCUT2D eigenvalue weighted by Gasteiger charge is -2.16. The first kappa shape index (κ1) is 13.5. The fraction of sp³-hybridized carbons (Fsp3) is 0.312. The van der Waals surface area contributed by atoms with Crippen LogP contribution in [0.4, 0.5) is 5.69 Å². The molecule has 3 rings (SSSR count). The van der Waals surface area contributed by atoms with Gasteiger partial charge in [0.05, 0.1) is 18.3 Å². The number of nitrogens with one attached hydrogen (secondary N) is 1. The third kappa shape index (κ3) is 2.72. The Morgan fingerprint density at radius 2 is 2.10 bits per heavy atom. The van der Waals surface area contributed by atoms with Crippen molar-refractivity contribution in [2.45, 2.75) is 26.8 Å². The highest BCUT2D eigenvalue weighted by molar-refractivity contribution is 5.93. The number of pyridine rings is 1. The average molecular weight is 281 g/mol. The van der Waals surface area contributed by atoms with E-state index in [-0.39, 0.29) is 0 Å². The molecular weight excluding hydrogens is 262 g/mol. The van der Waals surface area contributed by atoms with E-state index in [2.05, 4.69) is 47.7 Å². The summed E-state index contributed by atoms with van der Waals surface area (Å²) in [6.45, 7) is 5.85. The molecule has 108 valence electrons. The summed E-state index contributed by atoms with van der Waals surface area (Å²) in [5.41, 5.74) is 4.61. The molecule has 0 saturated heterocycles. The van der Waals surface area contributed by atoms with Crippen LogP contribution in [0.3, 0.4) is 0 Å². The van der Waals surface area contributed by atoms with Crippen molar-refractivity contribution in [3.8, 4) is 0 Å². The first-order chi connectivity index (χ1) is 10.3. The van der Waals surface area contributed by atoms with Crippen molar-refractivity contribution in [1.82, 2.24) is 20.0 Å². The molecule has 1 aromatic carbocycles. The van der Waals surface area contributed by atoms with Gasteiger partial charge in [-0.3, -0.25) is 9.67 Å². The molecule has 3 aromatic rings. The summed E-state index contributed by atoms with van der Waals surface area (Å²) in [6.07, 6.45) is 4.54. The van der Waals surface area contributed by atoms with Crippen LogP contribution < -0.4 is 5.32 Å². The predicted molar refractivity (Wildman–Crippen MR) is 84.4 cm³/mol. The molecule has 21 heavy (non-hydrogen) atoms. The van der Waals surface area contributed by atoms with Crippen LogP contribution in [-0.4, -0.2) is 26.5 Å². The number of nitrogens with zero attached hydrogens (tertiary/aromatic N) is 4. The minimum Gasteiger partial charge on any atom is -0.382 e.